The first-order chi connectivity index (χ1) is 45.5. The van der Waals surface area contributed by atoms with E-state index in [2.05, 4.69) is 47.9 Å². The molecule has 92 heavy (non-hydrogen) atoms. The highest BCUT2D eigenvalue weighted by molar-refractivity contribution is 6.24. The van der Waals surface area contributed by atoms with Gasteiger partial charge in [-0.2, -0.15) is 0 Å². The minimum absolute atomic E-state index is 0.162. The molecular formula is C72H92N2O18. The summed E-state index contributed by atoms with van der Waals surface area (Å²) in [7, 11) is 3.29. The topological polar surface area (TPSA) is 192 Å². The van der Waals surface area contributed by atoms with Crippen molar-refractivity contribution in [2.24, 2.45) is 0 Å². The number of benzene rings is 6. The predicted octanol–water partition coefficient (Wildman–Crippen LogP) is 8.95. The van der Waals surface area contributed by atoms with Crippen LogP contribution in [0.3, 0.4) is 0 Å². The Morgan fingerprint density at radius 2 is 0.533 bits per heavy atom. The van der Waals surface area contributed by atoms with Crippen molar-refractivity contribution in [2.45, 2.75) is 26.1 Å². The number of rotatable bonds is 50. The molecule has 0 amide bonds. The van der Waals surface area contributed by atoms with Gasteiger partial charge in [-0.15, -0.1) is 0 Å². The number of methoxy groups -OCH3 is 2. The highest BCUT2D eigenvalue weighted by Gasteiger charge is 2.14. The Bertz CT molecular complexity index is 3040. The molecule has 0 aliphatic rings. The van der Waals surface area contributed by atoms with E-state index in [1.54, 1.807) is 14.2 Å². The van der Waals surface area contributed by atoms with Crippen LogP contribution in [0.5, 0.6) is 11.5 Å². The summed E-state index contributed by atoms with van der Waals surface area (Å²) in [6.45, 7) is 19.0. The van der Waals surface area contributed by atoms with Crippen molar-refractivity contribution < 1.29 is 85.3 Å². The third-order valence-corrected chi connectivity index (χ3v) is 13.5. The monoisotopic (exact) mass is 1270 g/mol. The zero-order valence-electron chi connectivity index (χ0n) is 54.0. The number of para-hydroxylation sites is 2. The highest BCUT2D eigenvalue weighted by Crippen LogP contribution is 2.35. The lowest BCUT2D eigenvalue weighted by molar-refractivity contribution is -0.0244. The van der Waals surface area contributed by atoms with E-state index in [9.17, 15) is 0 Å². The maximum atomic E-state index is 6.14. The normalized spacial score (nSPS) is 12.1. The van der Waals surface area contributed by atoms with Gasteiger partial charge in [0, 0.05) is 47.2 Å². The molecule has 0 N–H and O–H groups in total. The van der Waals surface area contributed by atoms with E-state index in [0.717, 1.165) is 77.4 Å². The van der Waals surface area contributed by atoms with Gasteiger partial charge in [0.1, 0.15) is 23.7 Å². The van der Waals surface area contributed by atoms with E-state index in [1.165, 1.54) is 0 Å². The van der Waals surface area contributed by atoms with Crippen LogP contribution < -0.4 is 9.47 Å². The molecule has 0 bridgehead atoms. The van der Waals surface area contributed by atoms with E-state index in [1.807, 2.05) is 98.8 Å². The van der Waals surface area contributed by atoms with Gasteiger partial charge in [0.25, 0.3) is 0 Å². The maximum absolute atomic E-state index is 6.14. The van der Waals surface area contributed by atoms with Gasteiger partial charge in [-0.25, -0.2) is 9.97 Å². The molecule has 498 valence electrons. The molecule has 0 saturated carbocycles. The third-order valence-electron chi connectivity index (χ3n) is 13.5. The second kappa shape index (κ2) is 45.8. The molecule has 20 heteroatoms. The molecule has 7 aromatic rings. The van der Waals surface area contributed by atoms with Crippen LogP contribution in [0.25, 0.3) is 43.6 Å². The van der Waals surface area contributed by atoms with E-state index < -0.39 is 0 Å². The van der Waals surface area contributed by atoms with Crippen LogP contribution in [0.15, 0.2) is 109 Å². The SMILES string of the molecule is COCCOCCOCCOCCOCCOCCOCCOC[C@H](C)Oc1ccc(C#Cc2ccc3c(c2)c2cc(C#Cc4ccc(O[C@@H](C)COCCOCCOCCOCCOCCOCCOCCOC)cc4)ccc2c2nc4ccccc4nc32)cc1. The Morgan fingerprint density at radius 3 is 0.815 bits per heavy atom. The average Bonchev–Trinajstić information content (AvgIpc) is 0.737. The van der Waals surface area contributed by atoms with Gasteiger partial charge in [0.05, 0.1) is 220 Å². The molecule has 0 spiro atoms. The molecule has 6 aromatic carbocycles. The van der Waals surface area contributed by atoms with Crippen molar-refractivity contribution in [3.8, 4) is 35.2 Å². The fourth-order valence-electron chi connectivity index (χ4n) is 8.96. The van der Waals surface area contributed by atoms with E-state index in [-0.39, 0.29) is 12.2 Å². The van der Waals surface area contributed by atoms with Crippen LogP contribution in [0, 0.1) is 23.7 Å². The summed E-state index contributed by atoms with van der Waals surface area (Å²) < 4.78 is 99.9. The van der Waals surface area contributed by atoms with Gasteiger partial charge in [-0.1, -0.05) is 47.9 Å². The fraction of sp³-hybridized carbons (Fsp3) is 0.500. The third kappa shape index (κ3) is 28.8. The van der Waals surface area contributed by atoms with Gasteiger partial charge < -0.3 is 85.3 Å². The second-order valence-corrected chi connectivity index (χ2v) is 20.8. The molecule has 7 rings (SSSR count). The number of aromatic nitrogens is 2. The highest BCUT2D eigenvalue weighted by atomic mass is 16.6. The zero-order chi connectivity index (χ0) is 64.1. The quantitative estimate of drug-likeness (QED) is 0.0152. The van der Waals surface area contributed by atoms with Crippen molar-refractivity contribution >= 4 is 43.6 Å². The molecule has 1 aromatic heterocycles. The van der Waals surface area contributed by atoms with Crippen molar-refractivity contribution in [3.05, 3.63) is 131 Å². The molecule has 0 radical (unpaired) electrons. The van der Waals surface area contributed by atoms with Crippen LogP contribution in [0.2, 0.25) is 0 Å². The Hall–Kier alpha value is -6.48. The van der Waals surface area contributed by atoms with Gasteiger partial charge in [0.15, 0.2) is 0 Å². The smallest absolute Gasteiger partial charge is 0.119 e. The first-order valence-electron chi connectivity index (χ1n) is 31.7. The predicted molar refractivity (Wildman–Crippen MR) is 352 cm³/mol. The summed E-state index contributed by atoms with van der Waals surface area (Å²) in [5.41, 5.74) is 6.80. The summed E-state index contributed by atoms with van der Waals surface area (Å²) in [5, 5.41) is 4.01. The molecule has 2 atom stereocenters. The Balaban J connectivity index is 0.786. The van der Waals surface area contributed by atoms with Gasteiger partial charge >= 0.3 is 0 Å². The molecule has 0 aliphatic heterocycles. The van der Waals surface area contributed by atoms with Crippen molar-refractivity contribution in [2.75, 3.05) is 212 Å². The zero-order valence-corrected chi connectivity index (χ0v) is 54.0. The molecule has 0 aliphatic carbocycles. The molecule has 0 unspecified atom stereocenters. The number of hydrogen-bond donors (Lipinski definition) is 0. The summed E-state index contributed by atoms with van der Waals surface area (Å²) in [6.07, 6.45) is -0.324. The summed E-state index contributed by atoms with van der Waals surface area (Å²) in [6, 6.07) is 36.1. The molecule has 0 saturated heterocycles. The Morgan fingerprint density at radius 1 is 0.283 bits per heavy atom. The van der Waals surface area contributed by atoms with Crippen molar-refractivity contribution in [3.63, 3.8) is 0 Å². The lowest BCUT2D eigenvalue weighted by Gasteiger charge is -2.15. The van der Waals surface area contributed by atoms with Crippen LogP contribution in [0.4, 0.5) is 0 Å². The molecule has 0 fully saturated rings. The molecule has 20 nitrogen and oxygen atoms in total. The molecular weight excluding hydrogens is 1180 g/mol. The van der Waals surface area contributed by atoms with Crippen LogP contribution in [0.1, 0.15) is 36.1 Å². The van der Waals surface area contributed by atoms with Gasteiger partial charge in [-0.3, -0.25) is 0 Å². The standard InChI is InChI=1S/C72H92N2O18/c1-57(55-89-51-49-87-47-45-85-43-41-83-39-37-81-35-33-79-31-29-77-27-25-75-3)91-63-19-13-59(14-20-63)9-11-61-17-23-65-67(53-61)68-54-62(18-24-66(68)72-71(65)73-69-7-5-6-8-70(69)74-72)12-10-60-15-21-64(22-16-60)92-58(2)56-90-52-50-88-48-46-86-44-42-84-40-38-82-36-34-80-32-30-78-28-26-76-4/h5-8,13-24,53-54,57-58H,25-52,55-56H2,1-4H3/t57-,58-/m0/s1. The van der Waals surface area contributed by atoms with Crippen LogP contribution in [-0.4, -0.2) is 235 Å². The van der Waals surface area contributed by atoms with Gasteiger partial charge in [0.2, 0.25) is 0 Å². The summed E-state index contributed by atoms with van der Waals surface area (Å²) in [4.78, 5) is 10.3. The molecule has 1 heterocycles. The first-order valence-corrected chi connectivity index (χ1v) is 31.7. The first kappa shape index (κ1) is 72.9. The van der Waals surface area contributed by atoms with Gasteiger partial charge in [-0.05, 0) is 110 Å². The second-order valence-electron chi connectivity index (χ2n) is 20.8. The largest absolute Gasteiger partial charge is 0.488 e. The fourth-order valence-corrected chi connectivity index (χ4v) is 8.96. The van der Waals surface area contributed by atoms with Crippen LogP contribution >= 0.6 is 0 Å². The lowest BCUT2D eigenvalue weighted by Crippen LogP contribution is -2.21. The summed E-state index contributed by atoms with van der Waals surface area (Å²) in [5.74, 6) is 15.0. The van der Waals surface area contributed by atoms with Crippen molar-refractivity contribution in [1.29, 1.82) is 0 Å². The van der Waals surface area contributed by atoms with E-state index >= 15 is 0 Å². The number of hydrogen-bond acceptors (Lipinski definition) is 20. The average molecular weight is 1270 g/mol. The minimum Gasteiger partial charge on any atom is -0.488 e. The Kier molecular flexibility index (Phi) is 36.3. The van der Waals surface area contributed by atoms with Crippen LogP contribution in [-0.2, 0) is 75.8 Å². The Labute approximate surface area is 541 Å². The minimum atomic E-state index is -0.162. The van der Waals surface area contributed by atoms with E-state index in [0.29, 0.717) is 198 Å². The lowest BCUT2D eigenvalue weighted by atomic mass is 9.96. The number of fused-ring (bicyclic) bond motifs is 7. The maximum Gasteiger partial charge on any atom is 0.119 e. The summed E-state index contributed by atoms with van der Waals surface area (Å²) >= 11 is 0. The number of ether oxygens (including phenoxy) is 18. The number of nitrogens with zero attached hydrogens (tertiary/aromatic N) is 2. The van der Waals surface area contributed by atoms with E-state index in [4.69, 9.17) is 95.2 Å². The van der Waals surface area contributed by atoms with Crippen molar-refractivity contribution in [1.82, 2.24) is 9.97 Å².